The molecule has 30 heavy (non-hydrogen) atoms. The lowest BCUT2D eigenvalue weighted by Gasteiger charge is -2.31. The first kappa shape index (κ1) is 18.5. The maximum atomic E-state index is 13.2. The van der Waals surface area contributed by atoms with Crippen molar-refractivity contribution in [2.24, 2.45) is 0 Å². The minimum atomic E-state index is -1.89. The number of carbonyl (C=O) groups is 2. The van der Waals surface area contributed by atoms with E-state index in [4.69, 9.17) is 14.5 Å². The molecule has 4 heterocycles. The molecule has 1 aromatic carbocycles. The number of cyclic esters (lactones) is 1. The predicted octanol–water partition coefficient (Wildman–Crippen LogP) is 1.90. The predicted molar refractivity (Wildman–Crippen MR) is 106 cm³/mol. The molecule has 0 aliphatic carbocycles. The Balaban J connectivity index is 1.83. The van der Waals surface area contributed by atoms with E-state index in [1.165, 1.54) is 4.57 Å². The second-order valence-electron chi connectivity index (χ2n) is 7.46. The van der Waals surface area contributed by atoms with Crippen LogP contribution in [0.5, 0.6) is 5.75 Å². The maximum absolute atomic E-state index is 13.2. The van der Waals surface area contributed by atoms with Crippen LogP contribution in [-0.2, 0) is 28.3 Å². The van der Waals surface area contributed by atoms with Crippen molar-refractivity contribution in [2.75, 3.05) is 7.11 Å². The minimum Gasteiger partial charge on any atom is -0.497 e. The van der Waals surface area contributed by atoms with Gasteiger partial charge in [0.25, 0.3) is 5.56 Å². The SMILES string of the molecule is CC[C@@]1(O)C(=O)OCc2c1cc1n(c2=O)Cc2c-1nc1ccc(OC)cc1c2C=O. The first-order valence-electron chi connectivity index (χ1n) is 9.56. The van der Waals surface area contributed by atoms with Crippen LogP contribution in [0.1, 0.15) is 40.4 Å². The summed E-state index contributed by atoms with van der Waals surface area (Å²) in [6.45, 7) is 1.63. The van der Waals surface area contributed by atoms with Gasteiger partial charge in [-0.1, -0.05) is 6.92 Å². The van der Waals surface area contributed by atoms with Gasteiger partial charge in [0, 0.05) is 22.1 Å². The average molecular weight is 406 g/mol. The highest BCUT2D eigenvalue weighted by molar-refractivity contribution is 6.01. The number of aromatic nitrogens is 2. The van der Waals surface area contributed by atoms with Crippen molar-refractivity contribution in [3.8, 4) is 17.1 Å². The first-order valence-corrected chi connectivity index (χ1v) is 9.56. The number of fused-ring (bicyclic) bond motifs is 5. The lowest BCUT2D eigenvalue weighted by atomic mass is 9.86. The number of pyridine rings is 2. The zero-order valence-electron chi connectivity index (χ0n) is 16.4. The third kappa shape index (κ3) is 2.25. The van der Waals surface area contributed by atoms with Gasteiger partial charge in [-0.15, -0.1) is 0 Å². The van der Waals surface area contributed by atoms with Crippen LogP contribution in [0.25, 0.3) is 22.3 Å². The zero-order valence-corrected chi connectivity index (χ0v) is 16.4. The number of esters is 1. The highest BCUT2D eigenvalue weighted by atomic mass is 16.6. The number of hydrogen-bond acceptors (Lipinski definition) is 7. The fraction of sp³-hybridized carbons (Fsp3) is 0.273. The van der Waals surface area contributed by atoms with E-state index in [1.54, 1.807) is 38.3 Å². The number of hydrogen-bond donors (Lipinski definition) is 1. The van der Waals surface area contributed by atoms with Crippen LogP contribution >= 0.6 is 0 Å². The van der Waals surface area contributed by atoms with Crippen molar-refractivity contribution in [1.82, 2.24) is 9.55 Å². The Labute approximate surface area is 170 Å². The van der Waals surface area contributed by atoms with Gasteiger partial charge in [0.05, 0.1) is 36.1 Å². The van der Waals surface area contributed by atoms with E-state index in [0.29, 0.717) is 39.2 Å². The van der Waals surface area contributed by atoms with Crippen LogP contribution in [0.15, 0.2) is 29.1 Å². The molecule has 0 saturated carbocycles. The fourth-order valence-corrected chi connectivity index (χ4v) is 4.35. The summed E-state index contributed by atoms with van der Waals surface area (Å²) in [7, 11) is 1.54. The minimum absolute atomic E-state index is 0.0686. The monoisotopic (exact) mass is 406 g/mol. The van der Waals surface area contributed by atoms with E-state index in [-0.39, 0.29) is 36.3 Å². The highest BCUT2D eigenvalue weighted by Crippen LogP contribution is 2.40. The summed E-state index contributed by atoms with van der Waals surface area (Å²) in [6.07, 6.45) is 0.827. The third-order valence-electron chi connectivity index (χ3n) is 6.06. The quantitative estimate of drug-likeness (QED) is 0.409. The highest BCUT2D eigenvalue weighted by Gasteiger charge is 2.45. The van der Waals surface area contributed by atoms with Gasteiger partial charge in [0.1, 0.15) is 12.4 Å². The van der Waals surface area contributed by atoms with Gasteiger partial charge in [-0.2, -0.15) is 0 Å². The molecule has 2 aromatic heterocycles. The molecule has 152 valence electrons. The number of aliphatic hydroxyl groups is 1. The van der Waals surface area contributed by atoms with E-state index >= 15 is 0 Å². The van der Waals surface area contributed by atoms with Crippen LogP contribution in [0.3, 0.4) is 0 Å². The molecule has 0 fully saturated rings. The number of carbonyl (C=O) groups excluding carboxylic acids is 2. The number of ether oxygens (including phenoxy) is 2. The second kappa shape index (κ2) is 6.24. The summed E-state index contributed by atoms with van der Waals surface area (Å²) in [5, 5.41) is 11.6. The molecule has 8 heteroatoms. The Bertz CT molecular complexity index is 1330. The molecule has 2 aliphatic rings. The molecule has 0 saturated heterocycles. The average Bonchev–Trinajstić information content (AvgIpc) is 3.13. The molecular formula is C22H18N2O6. The Hall–Kier alpha value is -3.52. The van der Waals surface area contributed by atoms with Gasteiger partial charge in [-0.05, 0) is 30.7 Å². The molecule has 0 spiro atoms. The van der Waals surface area contributed by atoms with E-state index < -0.39 is 11.6 Å². The lowest BCUT2D eigenvalue weighted by Crippen LogP contribution is -2.44. The number of rotatable bonds is 3. The van der Waals surface area contributed by atoms with Crippen molar-refractivity contribution in [2.45, 2.75) is 32.1 Å². The van der Waals surface area contributed by atoms with Crippen LogP contribution in [0.4, 0.5) is 0 Å². The molecule has 1 N–H and O–H groups in total. The molecule has 0 bridgehead atoms. The second-order valence-corrected chi connectivity index (χ2v) is 7.46. The third-order valence-corrected chi connectivity index (χ3v) is 6.06. The molecule has 2 aliphatic heterocycles. The van der Waals surface area contributed by atoms with Gasteiger partial charge in [-0.25, -0.2) is 9.78 Å². The van der Waals surface area contributed by atoms with Crippen molar-refractivity contribution in [3.05, 3.63) is 56.9 Å². The van der Waals surface area contributed by atoms with E-state index in [2.05, 4.69) is 0 Å². The molecule has 0 amide bonds. The number of benzene rings is 1. The van der Waals surface area contributed by atoms with Gasteiger partial charge in [0.2, 0.25) is 0 Å². The van der Waals surface area contributed by atoms with Gasteiger partial charge >= 0.3 is 5.97 Å². The normalized spacial score (nSPS) is 19.1. The summed E-state index contributed by atoms with van der Waals surface area (Å²) >= 11 is 0. The van der Waals surface area contributed by atoms with Crippen LogP contribution in [0, 0.1) is 0 Å². The molecular weight excluding hydrogens is 388 g/mol. The maximum Gasteiger partial charge on any atom is 0.343 e. The van der Waals surface area contributed by atoms with E-state index in [0.717, 1.165) is 6.29 Å². The van der Waals surface area contributed by atoms with Gasteiger partial charge in [-0.3, -0.25) is 9.59 Å². The van der Waals surface area contributed by atoms with Crippen molar-refractivity contribution in [1.29, 1.82) is 0 Å². The summed E-state index contributed by atoms with van der Waals surface area (Å²) in [5.41, 5.74) is 0.847. The topological polar surface area (TPSA) is 108 Å². The largest absolute Gasteiger partial charge is 0.497 e. The molecule has 1 atom stereocenters. The molecule has 5 rings (SSSR count). The number of aldehydes is 1. The molecule has 3 aromatic rings. The summed E-state index contributed by atoms with van der Waals surface area (Å²) in [6, 6.07) is 6.87. The zero-order chi connectivity index (χ0) is 21.2. The smallest absolute Gasteiger partial charge is 0.343 e. The van der Waals surface area contributed by atoms with Gasteiger partial charge in [0.15, 0.2) is 11.9 Å². The van der Waals surface area contributed by atoms with E-state index in [1.807, 2.05) is 0 Å². The van der Waals surface area contributed by atoms with Crippen LogP contribution < -0.4 is 10.3 Å². The van der Waals surface area contributed by atoms with Crippen LogP contribution in [-0.4, -0.2) is 34.0 Å². The molecule has 0 radical (unpaired) electrons. The number of methoxy groups -OCH3 is 1. The van der Waals surface area contributed by atoms with Gasteiger partial charge < -0.3 is 19.1 Å². The van der Waals surface area contributed by atoms with Crippen molar-refractivity contribution in [3.63, 3.8) is 0 Å². The Kier molecular flexibility index (Phi) is 3.85. The first-order chi connectivity index (χ1) is 14.4. The summed E-state index contributed by atoms with van der Waals surface area (Å²) < 4.78 is 11.8. The molecule has 8 nitrogen and oxygen atoms in total. The molecule has 0 unspecified atom stereocenters. The number of nitrogens with zero attached hydrogens (tertiary/aromatic N) is 2. The van der Waals surface area contributed by atoms with E-state index in [9.17, 15) is 19.5 Å². The Morgan fingerprint density at radius 2 is 2.10 bits per heavy atom. The van der Waals surface area contributed by atoms with Crippen LogP contribution in [0.2, 0.25) is 0 Å². The van der Waals surface area contributed by atoms with Crippen molar-refractivity contribution < 1.29 is 24.2 Å². The Morgan fingerprint density at radius 1 is 1.30 bits per heavy atom. The standard InChI is InChI=1S/C22H18N2O6/c1-3-22(28)16-7-18-19-13(8-24(18)20(26)15(16)10-30-21(22)27)14(9-25)12-6-11(29-2)4-5-17(12)23-19/h4-7,9,28H,3,8,10H2,1-2H3/t22-/m0/s1. The summed E-state index contributed by atoms with van der Waals surface area (Å²) in [4.78, 5) is 42.1. The fourth-order valence-electron chi connectivity index (χ4n) is 4.35. The Morgan fingerprint density at radius 3 is 2.80 bits per heavy atom. The summed E-state index contributed by atoms with van der Waals surface area (Å²) in [5.74, 6) is -0.175. The lowest BCUT2D eigenvalue weighted by molar-refractivity contribution is -0.172. The van der Waals surface area contributed by atoms with Crippen molar-refractivity contribution >= 4 is 23.2 Å².